The second-order valence-electron chi connectivity index (χ2n) is 8.76. The van der Waals surface area contributed by atoms with E-state index in [1.807, 2.05) is 53.4 Å². The molecule has 0 radical (unpaired) electrons. The van der Waals surface area contributed by atoms with E-state index in [9.17, 15) is 10.1 Å². The lowest BCUT2D eigenvalue weighted by Gasteiger charge is -2.37. The lowest BCUT2D eigenvalue weighted by molar-refractivity contribution is -0.130. The Morgan fingerprint density at radius 2 is 1.85 bits per heavy atom. The molecule has 3 aliphatic rings. The largest absolute Gasteiger partial charge is 0.379 e. The summed E-state index contributed by atoms with van der Waals surface area (Å²) in [6.07, 6.45) is 2.18. The molecule has 174 valence electrons. The number of carbonyl (C=O) groups is 1. The molecule has 34 heavy (non-hydrogen) atoms. The van der Waals surface area contributed by atoms with E-state index in [1.165, 1.54) is 5.70 Å². The van der Waals surface area contributed by atoms with E-state index in [0.717, 1.165) is 55.2 Å². The van der Waals surface area contributed by atoms with Crippen LogP contribution in [0.15, 0.2) is 60.4 Å². The molecule has 3 aliphatic heterocycles. The molecule has 8 heteroatoms. The Balaban J connectivity index is 1.49. The second-order valence-corrected chi connectivity index (χ2v) is 9.20. The average molecular weight is 475 g/mol. The summed E-state index contributed by atoms with van der Waals surface area (Å²) < 4.78 is 0. The van der Waals surface area contributed by atoms with Crippen molar-refractivity contribution in [2.24, 2.45) is 0 Å². The first-order chi connectivity index (χ1) is 16.5. The van der Waals surface area contributed by atoms with E-state index >= 15 is 0 Å². The number of hydrogen-bond acceptors (Lipinski definition) is 6. The van der Waals surface area contributed by atoms with Crippen LogP contribution < -0.4 is 10.6 Å². The van der Waals surface area contributed by atoms with Crippen LogP contribution >= 0.6 is 11.6 Å². The van der Waals surface area contributed by atoms with Crippen LogP contribution in [0.3, 0.4) is 0 Å². The van der Waals surface area contributed by atoms with Gasteiger partial charge < -0.3 is 20.4 Å². The van der Waals surface area contributed by atoms with Crippen LogP contribution in [0.25, 0.3) is 11.4 Å². The van der Waals surface area contributed by atoms with Crippen molar-refractivity contribution in [3.05, 3.63) is 82.1 Å². The molecule has 2 aromatic carbocycles. The van der Waals surface area contributed by atoms with E-state index in [4.69, 9.17) is 11.6 Å². The summed E-state index contributed by atoms with van der Waals surface area (Å²) in [5.41, 5.74) is 5.84. The Bertz CT molecular complexity index is 1190. The maximum atomic E-state index is 11.8. The highest BCUT2D eigenvalue weighted by atomic mass is 35.5. The number of amides is 1. The lowest BCUT2D eigenvalue weighted by Crippen LogP contribution is -2.50. The third-order valence-electron chi connectivity index (χ3n) is 6.66. The Kier molecular flexibility index (Phi) is 6.18. The van der Waals surface area contributed by atoms with Crippen molar-refractivity contribution in [1.29, 1.82) is 5.26 Å². The molecule has 3 heterocycles. The molecule has 1 saturated heterocycles. The number of halogens is 1. The van der Waals surface area contributed by atoms with Crippen molar-refractivity contribution in [2.45, 2.75) is 13.1 Å². The molecular formula is C26H27ClN6O. The number of piperazine rings is 1. The normalized spacial score (nSPS) is 20.3. The maximum absolute atomic E-state index is 11.8. The SMILES string of the molecule is CC(=O)N1CCN(CC2=C(c3ccc(Cl)cc3)NC3CNC(c4ccccc4C#N)=CN23)CC1. The molecule has 1 fully saturated rings. The van der Waals surface area contributed by atoms with E-state index in [2.05, 4.69) is 32.7 Å². The standard InChI is InChI=1S/C26H27ClN6O/c1-18(34)32-12-10-31(11-13-32)17-24-26(19-6-8-21(27)9-7-19)30-25-15-29-23(16-33(24)25)22-5-3-2-4-20(22)14-28/h2-9,16,25,29-30H,10-13,15,17H2,1H3. The number of hydrogen-bond donors (Lipinski definition) is 2. The van der Waals surface area contributed by atoms with Crippen LogP contribution in [0.1, 0.15) is 23.6 Å². The van der Waals surface area contributed by atoms with Crippen LogP contribution in [0.5, 0.6) is 0 Å². The zero-order valence-electron chi connectivity index (χ0n) is 19.1. The Labute approximate surface area is 204 Å². The van der Waals surface area contributed by atoms with Gasteiger partial charge in [0.25, 0.3) is 0 Å². The van der Waals surface area contributed by atoms with Crippen molar-refractivity contribution >= 4 is 28.9 Å². The van der Waals surface area contributed by atoms with E-state index in [1.54, 1.807) is 6.92 Å². The molecular weight excluding hydrogens is 448 g/mol. The number of nitrogens with one attached hydrogen (secondary N) is 2. The molecule has 0 saturated carbocycles. The summed E-state index contributed by atoms with van der Waals surface area (Å²) >= 11 is 6.15. The van der Waals surface area contributed by atoms with Gasteiger partial charge in [0.1, 0.15) is 6.17 Å². The van der Waals surface area contributed by atoms with Gasteiger partial charge in [-0.2, -0.15) is 5.26 Å². The average Bonchev–Trinajstić information content (AvgIpc) is 3.22. The third-order valence-corrected chi connectivity index (χ3v) is 6.91. The predicted molar refractivity (Wildman–Crippen MR) is 133 cm³/mol. The van der Waals surface area contributed by atoms with Crippen LogP contribution in [-0.4, -0.2) is 66.0 Å². The minimum Gasteiger partial charge on any atom is -0.379 e. The maximum Gasteiger partial charge on any atom is 0.219 e. The van der Waals surface area contributed by atoms with Crippen LogP contribution in [0.2, 0.25) is 5.02 Å². The van der Waals surface area contributed by atoms with Gasteiger partial charge in [-0.1, -0.05) is 41.9 Å². The van der Waals surface area contributed by atoms with Gasteiger partial charge in [0, 0.05) is 56.4 Å². The van der Waals surface area contributed by atoms with Crippen molar-refractivity contribution < 1.29 is 4.79 Å². The summed E-state index contributed by atoms with van der Waals surface area (Å²) in [5, 5.41) is 17.5. The van der Waals surface area contributed by atoms with Crippen LogP contribution in [0, 0.1) is 11.3 Å². The lowest BCUT2D eigenvalue weighted by atomic mass is 10.0. The molecule has 7 nitrogen and oxygen atoms in total. The van der Waals surface area contributed by atoms with Crippen LogP contribution in [0.4, 0.5) is 0 Å². The van der Waals surface area contributed by atoms with Gasteiger partial charge in [-0.3, -0.25) is 9.69 Å². The molecule has 1 unspecified atom stereocenters. The molecule has 1 atom stereocenters. The minimum absolute atomic E-state index is 0.0668. The highest BCUT2D eigenvalue weighted by Crippen LogP contribution is 2.33. The van der Waals surface area contributed by atoms with E-state index < -0.39 is 0 Å². The number of carbonyl (C=O) groups excluding carboxylic acids is 1. The first-order valence-corrected chi connectivity index (χ1v) is 11.9. The quantitative estimate of drug-likeness (QED) is 0.709. The van der Waals surface area contributed by atoms with Gasteiger partial charge in [0.2, 0.25) is 5.91 Å². The fourth-order valence-electron chi connectivity index (χ4n) is 4.79. The summed E-state index contributed by atoms with van der Waals surface area (Å²) in [4.78, 5) is 18.4. The summed E-state index contributed by atoms with van der Waals surface area (Å²) in [5.74, 6) is 0.133. The van der Waals surface area contributed by atoms with Gasteiger partial charge >= 0.3 is 0 Å². The van der Waals surface area contributed by atoms with Gasteiger partial charge in [-0.05, 0) is 23.8 Å². The zero-order chi connectivity index (χ0) is 23.7. The van der Waals surface area contributed by atoms with Gasteiger partial charge in [0.15, 0.2) is 0 Å². The van der Waals surface area contributed by atoms with E-state index in [0.29, 0.717) is 17.1 Å². The predicted octanol–water partition coefficient (Wildman–Crippen LogP) is 2.88. The Morgan fingerprint density at radius 3 is 2.56 bits per heavy atom. The smallest absolute Gasteiger partial charge is 0.219 e. The number of nitriles is 1. The number of fused-ring (bicyclic) bond motifs is 1. The Morgan fingerprint density at radius 1 is 1.12 bits per heavy atom. The molecule has 0 bridgehead atoms. The molecule has 2 N–H and O–H groups in total. The molecule has 0 aliphatic carbocycles. The third kappa shape index (κ3) is 4.35. The zero-order valence-corrected chi connectivity index (χ0v) is 19.8. The fraction of sp³-hybridized carbons (Fsp3) is 0.308. The number of rotatable bonds is 4. The monoisotopic (exact) mass is 474 g/mol. The molecule has 5 rings (SSSR count). The summed E-state index contributed by atoms with van der Waals surface area (Å²) in [6, 6.07) is 17.9. The highest BCUT2D eigenvalue weighted by molar-refractivity contribution is 6.30. The van der Waals surface area contributed by atoms with Crippen molar-refractivity contribution in [2.75, 3.05) is 39.3 Å². The molecule has 0 spiro atoms. The molecule has 1 amide bonds. The van der Waals surface area contributed by atoms with E-state index in [-0.39, 0.29) is 12.1 Å². The second kappa shape index (κ2) is 9.41. The van der Waals surface area contributed by atoms with Crippen molar-refractivity contribution in [3.63, 3.8) is 0 Å². The highest BCUT2D eigenvalue weighted by Gasteiger charge is 2.35. The molecule has 2 aromatic rings. The van der Waals surface area contributed by atoms with Gasteiger partial charge in [0.05, 0.1) is 35.3 Å². The number of nitrogens with zero attached hydrogens (tertiary/aromatic N) is 4. The van der Waals surface area contributed by atoms with Gasteiger partial charge in [-0.25, -0.2) is 0 Å². The van der Waals surface area contributed by atoms with Crippen molar-refractivity contribution in [1.82, 2.24) is 25.3 Å². The summed E-state index contributed by atoms with van der Waals surface area (Å²) in [6.45, 7) is 6.25. The van der Waals surface area contributed by atoms with Crippen LogP contribution in [-0.2, 0) is 4.79 Å². The van der Waals surface area contributed by atoms with Crippen molar-refractivity contribution in [3.8, 4) is 6.07 Å². The number of benzene rings is 2. The molecule has 0 aromatic heterocycles. The fourth-order valence-corrected chi connectivity index (χ4v) is 4.91. The van der Waals surface area contributed by atoms with Gasteiger partial charge in [-0.15, -0.1) is 0 Å². The summed E-state index contributed by atoms with van der Waals surface area (Å²) in [7, 11) is 0. The topological polar surface area (TPSA) is 74.6 Å². The first-order valence-electron chi connectivity index (χ1n) is 11.5. The Hall–Kier alpha value is -3.47. The first kappa shape index (κ1) is 22.3. The minimum atomic E-state index is 0.0668.